The van der Waals surface area contributed by atoms with Crippen LogP contribution in [0.5, 0.6) is 0 Å². The van der Waals surface area contributed by atoms with Gasteiger partial charge in [-0.1, -0.05) is 0 Å². The summed E-state index contributed by atoms with van der Waals surface area (Å²) in [7, 11) is 0. The van der Waals surface area contributed by atoms with Crippen LogP contribution in [0.1, 0.15) is 5.56 Å². The number of carbonyl (C=O) groups excluding carboxylic acids is 1. The van der Waals surface area contributed by atoms with Crippen LogP contribution in [0.4, 0.5) is 0 Å². The van der Waals surface area contributed by atoms with Gasteiger partial charge in [0.15, 0.2) is 0 Å². The highest BCUT2D eigenvalue weighted by atomic mass is 79.9. The number of nitrogens with zero attached hydrogens (tertiary/aromatic N) is 1. The van der Waals surface area contributed by atoms with Crippen LogP contribution in [-0.2, 0) is 11.3 Å². The van der Waals surface area contributed by atoms with E-state index in [4.69, 9.17) is 5.73 Å². The number of hydrogen-bond acceptors (Lipinski definition) is 3. The fourth-order valence-corrected chi connectivity index (χ4v) is 1.24. The summed E-state index contributed by atoms with van der Waals surface area (Å²) in [5.41, 5.74) is 6.12. The van der Waals surface area contributed by atoms with Gasteiger partial charge in [-0.25, -0.2) is 4.98 Å². The molecule has 0 aliphatic heterocycles. The van der Waals surface area contributed by atoms with Crippen molar-refractivity contribution in [1.29, 1.82) is 0 Å². The summed E-state index contributed by atoms with van der Waals surface area (Å²) in [5.74, 6) is -0.159. The van der Waals surface area contributed by atoms with Crippen LogP contribution >= 0.6 is 15.9 Å². The molecule has 0 fully saturated rings. The second-order valence-corrected chi connectivity index (χ2v) is 3.28. The normalized spacial score (nSPS) is 9.69. The second kappa shape index (κ2) is 4.94. The minimum Gasteiger partial charge on any atom is -0.351 e. The number of nitrogens with two attached hydrogens (primary N) is 1. The van der Waals surface area contributed by atoms with Crippen molar-refractivity contribution in [2.75, 3.05) is 6.54 Å². The first-order valence-corrected chi connectivity index (χ1v) is 4.59. The lowest BCUT2D eigenvalue weighted by atomic mass is 10.3. The van der Waals surface area contributed by atoms with Gasteiger partial charge in [-0.05, 0) is 33.6 Å². The smallest absolute Gasteiger partial charge is 0.234 e. The molecule has 1 heterocycles. The Labute approximate surface area is 84.7 Å². The number of halogens is 1. The lowest BCUT2D eigenvalue weighted by molar-refractivity contribution is -0.119. The molecule has 0 atom stereocenters. The Balaban J connectivity index is 2.50. The monoisotopic (exact) mass is 243 g/mol. The molecule has 4 nitrogen and oxygen atoms in total. The van der Waals surface area contributed by atoms with Crippen LogP contribution < -0.4 is 11.1 Å². The predicted molar refractivity (Wildman–Crippen MR) is 52.8 cm³/mol. The number of amides is 1. The molecular weight excluding hydrogens is 234 g/mol. The molecule has 0 aromatic carbocycles. The first-order valence-electron chi connectivity index (χ1n) is 3.79. The zero-order valence-corrected chi connectivity index (χ0v) is 8.54. The highest BCUT2D eigenvalue weighted by Crippen LogP contribution is 2.07. The molecule has 3 N–H and O–H groups in total. The van der Waals surface area contributed by atoms with Crippen molar-refractivity contribution < 1.29 is 4.79 Å². The van der Waals surface area contributed by atoms with E-state index in [0.29, 0.717) is 6.54 Å². The molecule has 1 amide bonds. The SMILES string of the molecule is NCC(=O)NCc1ccnc(Br)c1. The van der Waals surface area contributed by atoms with E-state index in [-0.39, 0.29) is 12.5 Å². The molecule has 0 aliphatic rings. The number of pyridine rings is 1. The fraction of sp³-hybridized carbons (Fsp3) is 0.250. The third kappa shape index (κ3) is 3.52. The molecule has 1 aromatic heterocycles. The zero-order valence-electron chi connectivity index (χ0n) is 6.96. The first-order chi connectivity index (χ1) is 6.22. The Morgan fingerprint density at radius 1 is 1.69 bits per heavy atom. The highest BCUT2D eigenvalue weighted by Gasteiger charge is 1.97. The largest absolute Gasteiger partial charge is 0.351 e. The van der Waals surface area contributed by atoms with Gasteiger partial charge < -0.3 is 11.1 Å². The molecule has 0 saturated heterocycles. The van der Waals surface area contributed by atoms with Gasteiger partial charge >= 0.3 is 0 Å². The van der Waals surface area contributed by atoms with Gasteiger partial charge in [0.2, 0.25) is 5.91 Å². The van der Waals surface area contributed by atoms with E-state index < -0.39 is 0 Å². The van der Waals surface area contributed by atoms with Gasteiger partial charge in [0.1, 0.15) is 4.60 Å². The predicted octanol–water partition coefficient (Wildman–Crippen LogP) is 0.419. The van der Waals surface area contributed by atoms with E-state index >= 15 is 0 Å². The average Bonchev–Trinajstić information content (AvgIpc) is 2.14. The standard InChI is InChI=1S/C8H10BrN3O/c9-7-3-6(1-2-11-7)5-12-8(13)4-10/h1-3H,4-5,10H2,(H,12,13). The zero-order chi connectivity index (χ0) is 9.68. The Bertz CT molecular complexity index is 303. The van der Waals surface area contributed by atoms with Gasteiger partial charge in [-0.15, -0.1) is 0 Å². The molecule has 70 valence electrons. The second-order valence-electron chi connectivity index (χ2n) is 2.47. The number of rotatable bonds is 3. The Hall–Kier alpha value is -0.940. The molecule has 13 heavy (non-hydrogen) atoms. The van der Waals surface area contributed by atoms with Gasteiger partial charge in [0.25, 0.3) is 0 Å². The van der Waals surface area contributed by atoms with Crippen LogP contribution in [0, 0.1) is 0 Å². The number of aromatic nitrogens is 1. The van der Waals surface area contributed by atoms with Gasteiger partial charge in [0, 0.05) is 12.7 Å². The van der Waals surface area contributed by atoms with Crippen molar-refractivity contribution in [2.24, 2.45) is 5.73 Å². The van der Waals surface area contributed by atoms with Crippen molar-refractivity contribution >= 4 is 21.8 Å². The Morgan fingerprint density at radius 3 is 3.08 bits per heavy atom. The number of carbonyl (C=O) groups is 1. The summed E-state index contributed by atoms with van der Waals surface area (Å²) in [5, 5.41) is 2.66. The lowest BCUT2D eigenvalue weighted by Gasteiger charge is -2.02. The van der Waals surface area contributed by atoms with Gasteiger partial charge in [0.05, 0.1) is 6.54 Å². The maximum absolute atomic E-state index is 10.8. The van der Waals surface area contributed by atoms with Crippen molar-refractivity contribution in [3.05, 3.63) is 28.5 Å². The molecule has 5 heteroatoms. The summed E-state index contributed by atoms with van der Waals surface area (Å²) >= 11 is 3.24. The van der Waals surface area contributed by atoms with Gasteiger partial charge in [-0.2, -0.15) is 0 Å². The molecule has 0 unspecified atom stereocenters. The van der Waals surface area contributed by atoms with Gasteiger partial charge in [-0.3, -0.25) is 4.79 Å². The van der Waals surface area contributed by atoms with Crippen molar-refractivity contribution in [3.8, 4) is 0 Å². The minimum absolute atomic E-state index is 0.0201. The first kappa shape index (κ1) is 10.1. The van der Waals surface area contributed by atoms with E-state index in [1.807, 2.05) is 12.1 Å². The molecular formula is C8H10BrN3O. The molecule has 0 saturated carbocycles. The summed E-state index contributed by atoms with van der Waals surface area (Å²) in [6, 6.07) is 3.68. The van der Waals surface area contributed by atoms with Crippen LogP contribution in [0.15, 0.2) is 22.9 Å². The number of nitrogens with one attached hydrogen (secondary N) is 1. The Kier molecular flexibility index (Phi) is 3.85. The third-order valence-electron chi connectivity index (χ3n) is 1.47. The third-order valence-corrected chi connectivity index (χ3v) is 1.90. The van der Waals surface area contributed by atoms with Crippen LogP contribution in [0.3, 0.4) is 0 Å². The van der Waals surface area contributed by atoms with Crippen LogP contribution in [0.2, 0.25) is 0 Å². The average molecular weight is 244 g/mol. The number of hydrogen-bond donors (Lipinski definition) is 2. The van der Waals surface area contributed by atoms with Crippen molar-refractivity contribution in [3.63, 3.8) is 0 Å². The minimum atomic E-state index is -0.159. The van der Waals surface area contributed by atoms with Crippen LogP contribution in [0.25, 0.3) is 0 Å². The Morgan fingerprint density at radius 2 is 2.46 bits per heavy atom. The molecule has 0 radical (unpaired) electrons. The molecule has 1 rings (SSSR count). The van der Waals surface area contributed by atoms with Crippen molar-refractivity contribution in [2.45, 2.75) is 6.54 Å². The quantitative estimate of drug-likeness (QED) is 0.757. The maximum Gasteiger partial charge on any atom is 0.234 e. The van der Waals surface area contributed by atoms with E-state index in [0.717, 1.165) is 10.2 Å². The van der Waals surface area contributed by atoms with E-state index in [1.165, 1.54) is 0 Å². The van der Waals surface area contributed by atoms with Crippen LogP contribution in [-0.4, -0.2) is 17.4 Å². The fourth-order valence-electron chi connectivity index (χ4n) is 0.825. The summed E-state index contributed by atoms with van der Waals surface area (Å²) in [4.78, 5) is 14.8. The van der Waals surface area contributed by atoms with E-state index in [2.05, 4.69) is 26.2 Å². The lowest BCUT2D eigenvalue weighted by Crippen LogP contribution is -2.29. The molecule has 0 aliphatic carbocycles. The maximum atomic E-state index is 10.8. The van der Waals surface area contributed by atoms with Crippen molar-refractivity contribution in [1.82, 2.24) is 10.3 Å². The topological polar surface area (TPSA) is 68.0 Å². The molecule has 0 bridgehead atoms. The summed E-state index contributed by atoms with van der Waals surface area (Å²) in [6.45, 7) is 0.503. The molecule has 0 spiro atoms. The molecule has 1 aromatic rings. The highest BCUT2D eigenvalue weighted by molar-refractivity contribution is 9.10. The summed E-state index contributed by atoms with van der Waals surface area (Å²) < 4.78 is 0.756. The van der Waals surface area contributed by atoms with E-state index in [1.54, 1.807) is 6.20 Å². The van der Waals surface area contributed by atoms with E-state index in [9.17, 15) is 4.79 Å². The summed E-state index contributed by atoms with van der Waals surface area (Å²) in [6.07, 6.45) is 1.67.